The summed E-state index contributed by atoms with van der Waals surface area (Å²) in [5.74, 6) is 0. The van der Waals surface area contributed by atoms with Crippen molar-refractivity contribution < 1.29 is 8.42 Å². The highest BCUT2D eigenvalue weighted by Gasteiger charge is 2.17. The second-order valence-electron chi connectivity index (χ2n) is 3.84. The highest BCUT2D eigenvalue weighted by Crippen LogP contribution is 2.23. The van der Waals surface area contributed by atoms with Gasteiger partial charge in [-0.3, -0.25) is 0 Å². The molecule has 20 heavy (non-hydrogen) atoms. The standard InChI is InChI=1S/C14H8N2O2S2/c15-9-11-1-5-13(6-2-11)20(17,18)14-7-3-12(4-8-14)16-10-19/h1-8H. The van der Waals surface area contributed by atoms with Crippen molar-refractivity contribution >= 4 is 32.9 Å². The molecule has 0 spiro atoms. The Morgan fingerprint density at radius 3 is 1.90 bits per heavy atom. The molecule has 2 aromatic rings. The summed E-state index contributed by atoms with van der Waals surface area (Å²) < 4.78 is 24.7. The van der Waals surface area contributed by atoms with Crippen LogP contribution < -0.4 is 0 Å². The largest absolute Gasteiger partial charge is 0.219 e. The molecule has 0 aliphatic rings. The molecule has 0 fully saturated rings. The maximum atomic E-state index is 12.4. The second-order valence-corrected chi connectivity index (χ2v) is 5.97. The molecule has 0 heterocycles. The fraction of sp³-hybridized carbons (Fsp3) is 0. The minimum Gasteiger partial charge on any atom is -0.219 e. The van der Waals surface area contributed by atoms with Crippen LogP contribution >= 0.6 is 12.2 Å². The van der Waals surface area contributed by atoms with Crippen molar-refractivity contribution in [2.24, 2.45) is 4.99 Å². The van der Waals surface area contributed by atoms with E-state index < -0.39 is 9.84 Å². The molecule has 0 N–H and O–H groups in total. The number of aliphatic imine (C=N–C) groups is 1. The number of nitrogens with zero attached hydrogens (tertiary/aromatic N) is 2. The van der Waals surface area contributed by atoms with Crippen LogP contribution in [-0.4, -0.2) is 13.6 Å². The van der Waals surface area contributed by atoms with Crippen LogP contribution in [0.5, 0.6) is 0 Å². The molecule has 98 valence electrons. The molecule has 0 aliphatic carbocycles. The van der Waals surface area contributed by atoms with Crippen LogP contribution in [0.4, 0.5) is 5.69 Å². The number of benzene rings is 2. The summed E-state index contributed by atoms with van der Waals surface area (Å²) in [6.45, 7) is 0. The third kappa shape index (κ3) is 2.81. The third-order valence-electron chi connectivity index (χ3n) is 2.62. The average Bonchev–Trinajstić information content (AvgIpc) is 2.48. The molecular weight excluding hydrogens is 292 g/mol. The molecule has 0 saturated carbocycles. The van der Waals surface area contributed by atoms with Gasteiger partial charge in [-0.25, -0.2) is 8.42 Å². The van der Waals surface area contributed by atoms with Crippen LogP contribution in [0.3, 0.4) is 0 Å². The zero-order chi connectivity index (χ0) is 14.6. The fourth-order valence-electron chi connectivity index (χ4n) is 1.60. The van der Waals surface area contributed by atoms with Gasteiger partial charge in [0.25, 0.3) is 0 Å². The van der Waals surface area contributed by atoms with E-state index in [9.17, 15) is 8.42 Å². The number of sulfone groups is 1. The molecule has 6 heteroatoms. The molecule has 0 aromatic heterocycles. The molecule has 0 atom stereocenters. The summed E-state index contributed by atoms with van der Waals surface area (Å²) in [5.41, 5.74) is 0.952. The first-order chi connectivity index (χ1) is 9.57. The molecule has 0 bridgehead atoms. The van der Waals surface area contributed by atoms with Gasteiger partial charge in [0, 0.05) is 0 Å². The van der Waals surface area contributed by atoms with Crippen LogP contribution in [0.2, 0.25) is 0 Å². The van der Waals surface area contributed by atoms with Crippen molar-refractivity contribution in [2.75, 3.05) is 0 Å². The maximum absolute atomic E-state index is 12.4. The first-order valence-electron chi connectivity index (χ1n) is 5.51. The highest BCUT2D eigenvalue weighted by atomic mass is 32.2. The maximum Gasteiger partial charge on any atom is 0.206 e. The smallest absolute Gasteiger partial charge is 0.206 e. The average molecular weight is 300 g/mol. The predicted octanol–water partition coefficient (Wildman–Crippen LogP) is 3.13. The monoisotopic (exact) mass is 300 g/mol. The van der Waals surface area contributed by atoms with Crippen LogP contribution in [0.15, 0.2) is 63.3 Å². The number of hydrogen-bond donors (Lipinski definition) is 0. The molecule has 4 nitrogen and oxygen atoms in total. The van der Waals surface area contributed by atoms with Gasteiger partial charge in [0.2, 0.25) is 9.84 Å². The lowest BCUT2D eigenvalue weighted by atomic mass is 10.2. The van der Waals surface area contributed by atoms with Gasteiger partial charge in [-0.05, 0) is 60.7 Å². The van der Waals surface area contributed by atoms with Crippen molar-refractivity contribution in [3.8, 4) is 6.07 Å². The summed E-state index contributed by atoms with van der Waals surface area (Å²) in [5, 5.41) is 10.9. The van der Waals surface area contributed by atoms with E-state index in [0.29, 0.717) is 11.3 Å². The van der Waals surface area contributed by atoms with Gasteiger partial charge in [0.05, 0.1) is 32.3 Å². The first-order valence-corrected chi connectivity index (χ1v) is 7.40. The Bertz CT molecular complexity index is 811. The lowest BCUT2D eigenvalue weighted by molar-refractivity contribution is 0.596. The Morgan fingerprint density at radius 1 is 0.950 bits per heavy atom. The van der Waals surface area contributed by atoms with E-state index in [1.54, 1.807) is 12.1 Å². The zero-order valence-electron chi connectivity index (χ0n) is 10.1. The van der Waals surface area contributed by atoms with Gasteiger partial charge in [-0.15, -0.1) is 0 Å². The topological polar surface area (TPSA) is 70.3 Å². The van der Waals surface area contributed by atoms with Crippen LogP contribution in [-0.2, 0) is 9.84 Å². The number of hydrogen-bond acceptors (Lipinski definition) is 5. The van der Waals surface area contributed by atoms with Crippen molar-refractivity contribution in [3.05, 3.63) is 54.1 Å². The fourth-order valence-corrected chi connectivity index (χ4v) is 2.96. The van der Waals surface area contributed by atoms with Gasteiger partial charge in [0.15, 0.2) is 0 Å². The Morgan fingerprint density at radius 2 is 1.45 bits per heavy atom. The third-order valence-corrected chi connectivity index (χ3v) is 4.49. The van der Waals surface area contributed by atoms with E-state index >= 15 is 0 Å². The van der Waals surface area contributed by atoms with Gasteiger partial charge < -0.3 is 0 Å². The molecule has 0 amide bonds. The van der Waals surface area contributed by atoms with Crippen LogP contribution in [0.1, 0.15) is 5.56 Å². The molecule has 0 radical (unpaired) electrons. The van der Waals surface area contributed by atoms with Crippen LogP contribution in [0.25, 0.3) is 0 Å². The SMILES string of the molecule is N#Cc1ccc(S(=O)(=O)c2ccc(N=C=S)cc2)cc1. The minimum absolute atomic E-state index is 0.141. The van der Waals surface area contributed by atoms with E-state index in [1.807, 2.05) is 6.07 Å². The van der Waals surface area contributed by atoms with Gasteiger partial charge in [0.1, 0.15) is 0 Å². The molecular formula is C14H8N2O2S2. The number of rotatable bonds is 3. The summed E-state index contributed by atoms with van der Waals surface area (Å²) in [4.78, 5) is 4.06. The summed E-state index contributed by atoms with van der Waals surface area (Å²) in [6, 6.07) is 13.7. The quantitative estimate of drug-likeness (QED) is 0.645. The second kappa shape index (κ2) is 5.76. The minimum atomic E-state index is -3.59. The summed E-state index contributed by atoms with van der Waals surface area (Å²) in [7, 11) is -3.59. The van der Waals surface area contributed by atoms with Gasteiger partial charge in [-0.1, -0.05) is 0 Å². The molecule has 2 rings (SSSR count). The predicted molar refractivity (Wildman–Crippen MR) is 77.7 cm³/mol. The van der Waals surface area contributed by atoms with Gasteiger partial charge in [-0.2, -0.15) is 10.3 Å². The molecule has 0 aliphatic heterocycles. The summed E-state index contributed by atoms with van der Waals surface area (Å²) in [6.07, 6.45) is 0. The molecule has 0 unspecified atom stereocenters. The highest BCUT2D eigenvalue weighted by molar-refractivity contribution is 7.91. The number of isothiocyanates is 1. The van der Waals surface area contributed by atoms with E-state index in [2.05, 4.69) is 22.4 Å². The first kappa shape index (κ1) is 14.1. The Balaban J connectivity index is 2.43. The number of nitriles is 1. The van der Waals surface area contributed by atoms with E-state index in [-0.39, 0.29) is 9.79 Å². The zero-order valence-corrected chi connectivity index (χ0v) is 11.8. The van der Waals surface area contributed by atoms with E-state index in [0.717, 1.165) is 0 Å². The Kier molecular flexibility index (Phi) is 4.06. The van der Waals surface area contributed by atoms with Crippen molar-refractivity contribution in [1.82, 2.24) is 0 Å². The van der Waals surface area contributed by atoms with Gasteiger partial charge >= 0.3 is 0 Å². The molecule has 2 aromatic carbocycles. The van der Waals surface area contributed by atoms with E-state index in [1.165, 1.54) is 36.4 Å². The van der Waals surface area contributed by atoms with E-state index in [4.69, 9.17) is 5.26 Å². The van der Waals surface area contributed by atoms with Crippen molar-refractivity contribution in [3.63, 3.8) is 0 Å². The number of thiocarbonyl (C=S) groups is 1. The Hall–Kier alpha value is -2.32. The lowest BCUT2D eigenvalue weighted by Crippen LogP contribution is -2.01. The van der Waals surface area contributed by atoms with Crippen molar-refractivity contribution in [2.45, 2.75) is 9.79 Å². The lowest BCUT2D eigenvalue weighted by Gasteiger charge is -2.04. The molecule has 0 saturated heterocycles. The Labute approximate surface area is 121 Å². The van der Waals surface area contributed by atoms with Crippen LogP contribution in [0, 0.1) is 11.3 Å². The summed E-state index contributed by atoms with van der Waals surface area (Å²) >= 11 is 4.48. The normalized spacial score (nSPS) is 10.3. The van der Waals surface area contributed by atoms with Crippen molar-refractivity contribution in [1.29, 1.82) is 5.26 Å².